The van der Waals surface area contributed by atoms with Crippen LogP contribution in [0.1, 0.15) is 5.56 Å². The number of carbonyl (C=O) groups excluding carboxylic acids is 1. The SMILES string of the molecule is COc1ccc(S(=O)(=O)N(CC(=O)N/N=C\c2c(O)ccc3ccccc23)c2ccc(Cl)cc2)cc1. The third-order valence-electron chi connectivity index (χ3n) is 5.38. The summed E-state index contributed by atoms with van der Waals surface area (Å²) in [5.74, 6) is -0.189. The molecule has 0 bridgehead atoms. The molecule has 0 atom stereocenters. The molecule has 4 rings (SSSR count). The van der Waals surface area contributed by atoms with Gasteiger partial charge in [-0.1, -0.05) is 41.9 Å². The summed E-state index contributed by atoms with van der Waals surface area (Å²) in [6, 6.07) is 22.6. The Labute approximate surface area is 213 Å². The molecule has 0 radical (unpaired) electrons. The van der Waals surface area contributed by atoms with E-state index in [4.69, 9.17) is 16.3 Å². The van der Waals surface area contributed by atoms with Crippen LogP contribution >= 0.6 is 11.6 Å². The number of phenols is 1. The second-order valence-electron chi connectivity index (χ2n) is 7.68. The Kier molecular flexibility index (Phi) is 7.42. The van der Waals surface area contributed by atoms with Crippen molar-refractivity contribution >= 4 is 50.2 Å². The smallest absolute Gasteiger partial charge is 0.264 e. The highest BCUT2D eigenvalue weighted by Crippen LogP contribution is 2.27. The monoisotopic (exact) mass is 523 g/mol. The van der Waals surface area contributed by atoms with Gasteiger partial charge < -0.3 is 9.84 Å². The normalized spacial score (nSPS) is 11.5. The maximum Gasteiger partial charge on any atom is 0.264 e. The zero-order valence-corrected chi connectivity index (χ0v) is 20.7. The van der Waals surface area contributed by atoms with Gasteiger partial charge >= 0.3 is 0 Å². The van der Waals surface area contributed by atoms with Crippen LogP contribution < -0.4 is 14.5 Å². The molecule has 4 aromatic rings. The predicted molar refractivity (Wildman–Crippen MR) is 140 cm³/mol. The molecule has 4 aromatic carbocycles. The average Bonchev–Trinajstić information content (AvgIpc) is 2.89. The number of hydrogen-bond donors (Lipinski definition) is 2. The van der Waals surface area contributed by atoms with Gasteiger partial charge in [-0.25, -0.2) is 13.8 Å². The van der Waals surface area contributed by atoms with Gasteiger partial charge in [0.15, 0.2) is 0 Å². The molecule has 1 amide bonds. The van der Waals surface area contributed by atoms with E-state index in [1.165, 1.54) is 67.9 Å². The molecule has 184 valence electrons. The number of hydrazone groups is 1. The summed E-state index contributed by atoms with van der Waals surface area (Å²) in [4.78, 5) is 12.8. The van der Waals surface area contributed by atoms with Gasteiger partial charge in [-0.05, 0) is 65.4 Å². The summed E-state index contributed by atoms with van der Waals surface area (Å²) in [5, 5.41) is 16.3. The number of aromatic hydroxyl groups is 1. The Hall–Kier alpha value is -4.08. The number of nitrogens with one attached hydrogen (secondary N) is 1. The van der Waals surface area contributed by atoms with Crippen molar-refractivity contribution in [3.8, 4) is 11.5 Å². The second-order valence-corrected chi connectivity index (χ2v) is 9.98. The van der Waals surface area contributed by atoms with Gasteiger partial charge in [0.1, 0.15) is 18.0 Å². The van der Waals surface area contributed by atoms with Crippen LogP contribution in [0.25, 0.3) is 10.8 Å². The third-order valence-corrected chi connectivity index (χ3v) is 7.42. The van der Waals surface area contributed by atoms with Gasteiger partial charge in [-0.3, -0.25) is 9.10 Å². The van der Waals surface area contributed by atoms with Gasteiger partial charge in [-0.15, -0.1) is 0 Å². The van der Waals surface area contributed by atoms with E-state index in [1.807, 2.05) is 24.3 Å². The van der Waals surface area contributed by atoms with Crippen LogP contribution in [0, 0.1) is 0 Å². The quantitative estimate of drug-likeness (QED) is 0.260. The van der Waals surface area contributed by atoms with Gasteiger partial charge in [-0.2, -0.15) is 5.10 Å². The molecule has 0 aromatic heterocycles. The summed E-state index contributed by atoms with van der Waals surface area (Å²) in [5.41, 5.74) is 3.02. The van der Waals surface area contributed by atoms with Crippen LogP contribution in [0.4, 0.5) is 5.69 Å². The fraction of sp³-hybridized carbons (Fsp3) is 0.0769. The molecule has 0 aliphatic rings. The van der Waals surface area contributed by atoms with Crippen molar-refractivity contribution in [1.82, 2.24) is 5.43 Å². The Morgan fingerprint density at radius 2 is 1.72 bits per heavy atom. The lowest BCUT2D eigenvalue weighted by Gasteiger charge is -2.23. The Bertz CT molecular complexity index is 1520. The summed E-state index contributed by atoms with van der Waals surface area (Å²) >= 11 is 5.97. The first kappa shape index (κ1) is 25.0. The minimum Gasteiger partial charge on any atom is -0.507 e. The number of hydrogen-bond acceptors (Lipinski definition) is 6. The van der Waals surface area contributed by atoms with Gasteiger partial charge in [0.2, 0.25) is 0 Å². The van der Waals surface area contributed by atoms with Crippen LogP contribution in [-0.4, -0.2) is 39.3 Å². The van der Waals surface area contributed by atoms with Crippen LogP contribution in [-0.2, 0) is 14.8 Å². The molecule has 0 aliphatic carbocycles. The zero-order chi connectivity index (χ0) is 25.7. The van der Waals surface area contributed by atoms with Crippen molar-refractivity contribution in [3.05, 3.63) is 95.5 Å². The number of sulfonamides is 1. The molecule has 0 spiro atoms. The number of carbonyl (C=O) groups is 1. The minimum absolute atomic E-state index is 0.00317. The Morgan fingerprint density at radius 1 is 1.03 bits per heavy atom. The lowest BCUT2D eigenvalue weighted by molar-refractivity contribution is -0.119. The third kappa shape index (κ3) is 5.42. The molecule has 10 heteroatoms. The number of halogens is 1. The first-order chi connectivity index (χ1) is 17.3. The van der Waals surface area contributed by atoms with Crippen molar-refractivity contribution in [2.45, 2.75) is 4.90 Å². The van der Waals surface area contributed by atoms with E-state index < -0.39 is 22.5 Å². The summed E-state index contributed by atoms with van der Waals surface area (Å²) in [6.07, 6.45) is 1.32. The number of benzene rings is 4. The topological polar surface area (TPSA) is 108 Å². The highest BCUT2D eigenvalue weighted by molar-refractivity contribution is 7.92. The molecule has 0 heterocycles. The fourth-order valence-electron chi connectivity index (χ4n) is 3.55. The van der Waals surface area contributed by atoms with Crippen molar-refractivity contribution in [2.24, 2.45) is 5.10 Å². The van der Waals surface area contributed by atoms with E-state index >= 15 is 0 Å². The molecule has 0 saturated carbocycles. The maximum absolute atomic E-state index is 13.4. The molecule has 2 N–H and O–H groups in total. The van der Waals surface area contributed by atoms with E-state index in [-0.39, 0.29) is 16.3 Å². The van der Waals surface area contributed by atoms with Gasteiger partial charge in [0.25, 0.3) is 15.9 Å². The predicted octanol–water partition coefficient (Wildman–Crippen LogP) is 4.55. The molecule has 0 aliphatic heterocycles. The summed E-state index contributed by atoms with van der Waals surface area (Å²) in [6.45, 7) is -0.547. The largest absolute Gasteiger partial charge is 0.507 e. The molecule has 8 nitrogen and oxygen atoms in total. The van der Waals surface area contributed by atoms with Crippen LogP contribution in [0.2, 0.25) is 5.02 Å². The molecular weight excluding hydrogens is 502 g/mol. The number of nitrogens with zero attached hydrogens (tertiary/aromatic N) is 2. The highest BCUT2D eigenvalue weighted by atomic mass is 35.5. The second kappa shape index (κ2) is 10.7. The standard InChI is InChI=1S/C26H22ClN3O5S/c1-35-21-11-13-22(14-12-21)36(33,34)30(20-9-7-19(27)8-10-20)17-26(32)29-28-16-24-23-5-3-2-4-18(23)6-15-25(24)31/h2-16,31H,17H2,1H3,(H,29,32)/b28-16-. The van der Waals surface area contributed by atoms with E-state index in [9.17, 15) is 18.3 Å². The van der Waals surface area contributed by atoms with E-state index in [2.05, 4.69) is 10.5 Å². The summed E-state index contributed by atoms with van der Waals surface area (Å²) in [7, 11) is -2.64. The van der Waals surface area contributed by atoms with E-state index in [0.29, 0.717) is 16.3 Å². The molecular formula is C26H22ClN3O5S. The fourth-order valence-corrected chi connectivity index (χ4v) is 5.10. The lowest BCUT2D eigenvalue weighted by atomic mass is 10.0. The van der Waals surface area contributed by atoms with Crippen molar-refractivity contribution in [1.29, 1.82) is 0 Å². The number of phenolic OH excluding ortho intramolecular Hbond substituents is 1. The lowest BCUT2D eigenvalue weighted by Crippen LogP contribution is -2.39. The van der Waals surface area contributed by atoms with Crippen LogP contribution in [0.5, 0.6) is 11.5 Å². The molecule has 36 heavy (non-hydrogen) atoms. The number of ether oxygens (including phenoxy) is 1. The van der Waals surface area contributed by atoms with Crippen molar-refractivity contribution in [3.63, 3.8) is 0 Å². The highest BCUT2D eigenvalue weighted by Gasteiger charge is 2.27. The Morgan fingerprint density at radius 3 is 2.42 bits per heavy atom. The number of amides is 1. The summed E-state index contributed by atoms with van der Waals surface area (Å²) < 4.78 is 32.9. The van der Waals surface area contributed by atoms with Crippen molar-refractivity contribution < 1.29 is 23.1 Å². The Balaban J connectivity index is 1.59. The molecule has 0 fully saturated rings. The van der Waals surface area contributed by atoms with Crippen molar-refractivity contribution in [2.75, 3.05) is 18.0 Å². The number of anilines is 1. The van der Waals surface area contributed by atoms with E-state index in [0.717, 1.165) is 15.1 Å². The van der Waals surface area contributed by atoms with Gasteiger partial charge in [0, 0.05) is 10.6 Å². The minimum atomic E-state index is -4.12. The first-order valence-electron chi connectivity index (χ1n) is 10.7. The van der Waals surface area contributed by atoms with Gasteiger partial charge in [0.05, 0.1) is 23.9 Å². The average molecular weight is 524 g/mol. The van der Waals surface area contributed by atoms with Crippen LogP contribution in [0.3, 0.4) is 0 Å². The van der Waals surface area contributed by atoms with E-state index in [1.54, 1.807) is 6.07 Å². The number of methoxy groups -OCH3 is 1. The zero-order valence-electron chi connectivity index (χ0n) is 19.1. The van der Waals surface area contributed by atoms with Crippen LogP contribution in [0.15, 0.2) is 94.9 Å². The number of fused-ring (bicyclic) bond motifs is 1. The molecule has 0 saturated heterocycles. The number of rotatable bonds is 8. The first-order valence-corrected chi connectivity index (χ1v) is 12.6. The molecule has 0 unspecified atom stereocenters. The maximum atomic E-state index is 13.4.